The lowest BCUT2D eigenvalue weighted by Crippen LogP contribution is -2.64. The molecule has 10 heteroatoms. The summed E-state index contributed by atoms with van der Waals surface area (Å²) in [6.07, 6.45) is 6.01. The van der Waals surface area contributed by atoms with Gasteiger partial charge in [-0.05, 0) is 69.7 Å². The zero-order valence-electron chi connectivity index (χ0n) is 18.7. The molecule has 3 heterocycles. The number of hydrogen-bond acceptors (Lipinski definition) is 5. The lowest BCUT2D eigenvalue weighted by molar-refractivity contribution is -0.192. The number of alkyl halides is 3. The lowest BCUT2D eigenvalue weighted by Gasteiger charge is -2.52. The molecule has 33 heavy (non-hydrogen) atoms. The smallest absolute Gasteiger partial charge is 0.475 e. The molecule has 1 aromatic heterocycles. The van der Waals surface area contributed by atoms with Crippen LogP contribution in [0.4, 0.5) is 13.2 Å². The Balaban J connectivity index is 0.000000325. The van der Waals surface area contributed by atoms with E-state index in [9.17, 15) is 18.0 Å². The van der Waals surface area contributed by atoms with Crippen molar-refractivity contribution in [2.45, 2.75) is 75.6 Å². The molecule has 1 N–H and O–H groups in total. The van der Waals surface area contributed by atoms with Crippen LogP contribution in [0.2, 0.25) is 0 Å². The quantitative estimate of drug-likeness (QED) is 0.678. The fourth-order valence-corrected chi connectivity index (χ4v) is 6.90. The van der Waals surface area contributed by atoms with Crippen molar-refractivity contribution < 1.29 is 32.6 Å². The number of hydrogen-bond donors (Lipinski definition) is 1. The molecule has 1 spiro atoms. The Kier molecular flexibility index (Phi) is 7.35. The van der Waals surface area contributed by atoms with Gasteiger partial charge in [0.15, 0.2) is 0 Å². The number of thiophene rings is 1. The second kappa shape index (κ2) is 9.92. The van der Waals surface area contributed by atoms with E-state index in [1.54, 1.807) is 11.3 Å². The second-order valence-electron chi connectivity index (χ2n) is 9.36. The molecule has 2 unspecified atom stereocenters. The van der Waals surface area contributed by atoms with Gasteiger partial charge in [-0.1, -0.05) is 12.8 Å². The summed E-state index contributed by atoms with van der Waals surface area (Å²) in [5.41, 5.74) is 1.30. The summed E-state index contributed by atoms with van der Waals surface area (Å²) in [7, 11) is 0. The number of nitrogens with zero attached hydrogens (tertiary/aromatic N) is 2. The van der Waals surface area contributed by atoms with Gasteiger partial charge in [0.25, 0.3) is 5.91 Å². The molecule has 1 aromatic rings. The van der Waals surface area contributed by atoms with Crippen LogP contribution in [0.3, 0.4) is 0 Å². The zero-order valence-corrected chi connectivity index (χ0v) is 19.5. The minimum Gasteiger partial charge on any atom is -0.475 e. The fraction of sp³-hybridized carbons (Fsp3) is 0.739. The normalized spacial score (nSPS) is 27.8. The van der Waals surface area contributed by atoms with Gasteiger partial charge in [-0.2, -0.15) is 13.2 Å². The standard InChI is InChI=1S/C21H30N2O2S.C2HF3O2/c24-20(18-14-16-6-5-7-17(16)26-18)23-12-13-25-21(15-23)9-2-1-8-19(21)22-10-3-4-11-22;3-2(4,5)1(6)7/h14,19H,1-13,15H2;(H,6,7). The van der Waals surface area contributed by atoms with Gasteiger partial charge in [-0.3, -0.25) is 9.69 Å². The first-order chi connectivity index (χ1) is 15.7. The van der Waals surface area contributed by atoms with E-state index in [-0.39, 0.29) is 11.5 Å². The molecule has 0 aromatic carbocycles. The maximum Gasteiger partial charge on any atom is 0.490 e. The molecule has 3 fully saturated rings. The summed E-state index contributed by atoms with van der Waals surface area (Å²) in [4.78, 5) is 29.3. The predicted octanol–water partition coefficient (Wildman–Crippen LogP) is 4.12. The molecule has 0 bridgehead atoms. The number of aryl methyl sites for hydroxylation is 2. The van der Waals surface area contributed by atoms with Gasteiger partial charge in [0, 0.05) is 17.5 Å². The van der Waals surface area contributed by atoms with E-state index >= 15 is 0 Å². The monoisotopic (exact) mass is 488 g/mol. The molecule has 1 saturated carbocycles. The number of amides is 1. The van der Waals surface area contributed by atoms with Gasteiger partial charge >= 0.3 is 12.1 Å². The Morgan fingerprint density at radius 2 is 1.82 bits per heavy atom. The van der Waals surface area contributed by atoms with Crippen molar-refractivity contribution >= 4 is 23.2 Å². The van der Waals surface area contributed by atoms with Crippen LogP contribution in [-0.4, -0.2) is 77.4 Å². The number of carboxylic acids is 1. The summed E-state index contributed by atoms with van der Waals surface area (Å²) >= 11 is 1.74. The van der Waals surface area contributed by atoms with E-state index in [1.807, 2.05) is 0 Å². The minimum atomic E-state index is -5.08. The maximum atomic E-state index is 13.2. The summed E-state index contributed by atoms with van der Waals surface area (Å²) in [6.45, 7) is 4.65. The van der Waals surface area contributed by atoms with E-state index in [2.05, 4.69) is 15.9 Å². The van der Waals surface area contributed by atoms with Crippen LogP contribution in [0.25, 0.3) is 0 Å². The van der Waals surface area contributed by atoms with Crippen LogP contribution in [0.15, 0.2) is 6.07 Å². The summed E-state index contributed by atoms with van der Waals surface area (Å²) in [6, 6.07) is 2.68. The number of carbonyl (C=O) groups is 2. The van der Waals surface area contributed by atoms with E-state index in [4.69, 9.17) is 14.6 Å². The van der Waals surface area contributed by atoms with Crippen molar-refractivity contribution in [3.05, 3.63) is 21.4 Å². The highest BCUT2D eigenvalue weighted by molar-refractivity contribution is 7.14. The van der Waals surface area contributed by atoms with E-state index in [0.717, 1.165) is 37.2 Å². The third kappa shape index (κ3) is 5.38. The van der Waals surface area contributed by atoms with Gasteiger partial charge in [-0.15, -0.1) is 11.3 Å². The predicted molar refractivity (Wildman–Crippen MR) is 118 cm³/mol. The number of aliphatic carboxylic acids is 1. The zero-order chi connectivity index (χ0) is 23.6. The SMILES string of the molecule is O=C(O)C(F)(F)F.O=C(c1cc2c(s1)CCC2)N1CCOC2(CCCCC2N2CCCC2)C1. The highest BCUT2D eigenvalue weighted by Crippen LogP contribution is 2.40. The van der Waals surface area contributed by atoms with Gasteiger partial charge in [-0.25, -0.2) is 4.79 Å². The number of rotatable bonds is 2. The first-order valence-corrected chi connectivity index (χ1v) is 12.6. The van der Waals surface area contributed by atoms with Crippen molar-refractivity contribution in [3.8, 4) is 0 Å². The Morgan fingerprint density at radius 1 is 1.09 bits per heavy atom. The lowest BCUT2D eigenvalue weighted by atomic mass is 9.78. The topological polar surface area (TPSA) is 70.1 Å². The number of morpholine rings is 1. The molecular formula is C23H31F3N2O4S. The average molecular weight is 489 g/mol. The number of ether oxygens (including phenoxy) is 1. The minimum absolute atomic E-state index is 0.128. The van der Waals surface area contributed by atoms with Crippen LogP contribution >= 0.6 is 11.3 Å². The van der Waals surface area contributed by atoms with Crippen LogP contribution in [-0.2, 0) is 22.4 Å². The van der Waals surface area contributed by atoms with E-state index in [1.165, 1.54) is 62.1 Å². The van der Waals surface area contributed by atoms with Crippen molar-refractivity contribution in [2.75, 3.05) is 32.8 Å². The number of halogens is 3. The Bertz CT molecular complexity index is 843. The Hall–Kier alpha value is -1.65. The molecule has 5 rings (SSSR count). The highest BCUT2D eigenvalue weighted by atomic mass is 32.1. The fourth-order valence-electron chi connectivity index (χ4n) is 5.68. The third-order valence-corrected chi connectivity index (χ3v) is 8.44. The molecule has 2 atom stereocenters. The highest BCUT2D eigenvalue weighted by Gasteiger charge is 2.49. The van der Waals surface area contributed by atoms with Crippen LogP contribution < -0.4 is 0 Å². The van der Waals surface area contributed by atoms with Crippen LogP contribution in [0.5, 0.6) is 0 Å². The van der Waals surface area contributed by atoms with Crippen molar-refractivity contribution in [3.63, 3.8) is 0 Å². The van der Waals surface area contributed by atoms with Crippen LogP contribution in [0, 0.1) is 0 Å². The Labute approximate surface area is 195 Å². The third-order valence-electron chi connectivity index (χ3n) is 7.21. The molecule has 6 nitrogen and oxygen atoms in total. The van der Waals surface area contributed by atoms with Gasteiger partial charge in [0.1, 0.15) is 5.60 Å². The molecule has 0 radical (unpaired) electrons. The second-order valence-corrected chi connectivity index (χ2v) is 10.5. The summed E-state index contributed by atoms with van der Waals surface area (Å²) in [5, 5.41) is 7.12. The number of carbonyl (C=O) groups excluding carboxylic acids is 1. The van der Waals surface area contributed by atoms with Crippen molar-refractivity contribution in [1.82, 2.24) is 9.80 Å². The van der Waals surface area contributed by atoms with E-state index < -0.39 is 12.1 Å². The van der Waals surface area contributed by atoms with Gasteiger partial charge in [0.05, 0.1) is 18.0 Å². The van der Waals surface area contributed by atoms with Crippen molar-refractivity contribution in [2.24, 2.45) is 0 Å². The first kappa shape index (κ1) is 24.5. The van der Waals surface area contributed by atoms with Gasteiger partial charge in [0.2, 0.25) is 0 Å². The molecular weight excluding hydrogens is 457 g/mol. The molecule has 4 aliphatic rings. The molecule has 2 aliphatic heterocycles. The molecule has 2 saturated heterocycles. The maximum absolute atomic E-state index is 13.2. The molecule has 2 aliphatic carbocycles. The average Bonchev–Trinajstić information content (AvgIpc) is 3.51. The van der Waals surface area contributed by atoms with Crippen LogP contribution in [0.1, 0.15) is 65.1 Å². The van der Waals surface area contributed by atoms with E-state index in [0.29, 0.717) is 12.6 Å². The molecule has 1 amide bonds. The first-order valence-electron chi connectivity index (χ1n) is 11.8. The molecule has 184 valence electrons. The number of likely N-dealkylation sites (tertiary alicyclic amines) is 1. The number of carboxylic acid groups (broad SMARTS) is 1. The number of fused-ring (bicyclic) bond motifs is 1. The van der Waals surface area contributed by atoms with Crippen molar-refractivity contribution in [1.29, 1.82) is 0 Å². The Morgan fingerprint density at radius 3 is 2.48 bits per heavy atom. The summed E-state index contributed by atoms with van der Waals surface area (Å²) in [5.74, 6) is -2.51. The summed E-state index contributed by atoms with van der Waals surface area (Å²) < 4.78 is 38.2. The largest absolute Gasteiger partial charge is 0.490 e. The van der Waals surface area contributed by atoms with Gasteiger partial charge < -0.3 is 14.7 Å².